The maximum absolute atomic E-state index is 13.7. The standard InChI is InChI=1S/C45H68IN9O16/c46-32-6-2-1-5-31(32)23-35(42(66)47-14-4-3-7-33(43(67)68)50-45(71)51-34(44(69)70)12-13-37(57)58)49-41(65)30-10-8-29(9-11-30)24-48-36(56)25-52-15-17-53(26-38(59)60)19-21-55(28-40(63)64)22-20-54(18-16-52)27-39(61)62/h1-2,5-6,29-30,33-35H,3-4,7-28H2,(H,47,66)(H,48,56)(H,49,65)(H,57,58)(H,59,60)(H,61,62)(H,63,64)(H,67,68)(H,69,70)(H2,50,51,71)/t29?,30?,33-,34-,35-/m0/s1. The zero-order chi connectivity index (χ0) is 52.5. The van der Waals surface area contributed by atoms with E-state index >= 15 is 0 Å². The molecule has 0 radical (unpaired) electrons. The molecule has 1 aliphatic carbocycles. The molecule has 0 spiro atoms. The van der Waals surface area contributed by atoms with Gasteiger partial charge in [0.1, 0.15) is 18.1 Å². The number of hydrogen-bond acceptors (Lipinski definition) is 14. The number of benzene rings is 1. The Hall–Kier alpha value is -5.71. The second-order valence-electron chi connectivity index (χ2n) is 17.8. The van der Waals surface area contributed by atoms with Gasteiger partial charge in [0.05, 0.1) is 26.2 Å². The highest BCUT2D eigenvalue weighted by Crippen LogP contribution is 2.29. The number of amides is 5. The molecule has 1 aromatic rings. The summed E-state index contributed by atoms with van der Waals surface area (Å²) in [6.45, 7) is 1.77. The molecule has 396 valence electrons. The van der Waals surface area contributed by atoms with Crippen molar-refractivity contribution in [2.75, 3.05) is 91.6 Å². The number of nitrogens with zero attached hydrogens (tertiary/aromatic N) is 4. The normalized spacial score (nSPS) is 19.0. The molecule has 1 saturated heterocycles. The van der Waals surface area contributed by atoms with Crippen molar-refractivity contribution in [3.63, 3.8) is 0 Å². The smallest absolute Gasteiger partial charge is 0.326 e. The second-order valence-corrected chi connectivity index (χ2v) is 18.9. The van der Waals surface area contributed by atoms with Gasteiger partial charge in [-0.1, -0.05) is 18.2 Å². The molecule has 1 aliphatic heterocycles. The molecule has 71 heavy (non-hydrogen) atoms. The van der Waals surface area contributed by atoms with E-state index in [0.717, 1.165) is 9.13 Å². The fourth-order valence-corrected chi connectivity index (χ4v) is 8.87. The van der Waals surface area contributed by atoms with Crippen LogP contribution in [0.15, 0.2) is 24.3 Å². The molecule has 2 fully saturated rings. The summed E-state index contributed by atoms with van der Waals surface area (Å²) >= 11 is 2.15. The van der Waals surface area contributed by atoms with Crippen molar-refractivity contribution in [2.24, 2.45) is 11.8 Å². The molecule has 25 nitrogen and oxygen atoms in total. The van der Waals surface area contributed by atoms with Crippen LogP contribution >= 0.6 is 22.6 Å². The van der Waals surface area contributed by atoms with E-state index < -0.39 is 84.6 Å². The van der Waals surface area contributed by atoms with Gasteiger partial charge in [-0.3, -0.25) is 53.2 Å². The molecule has 26 heteroatoms. The zero-order valence-electron chi connectivity index (χ0n) is 39.6. The Morgan fingerprint density at radius 3 is 1.51 bits per heavy atom. The lowest BCUT2D eigenvalue weighted by Crippen LogP contribution is -2.51. The van der Waals surface area contributed by atoms with Crippen LogP contribution in [0.1, 0.15) is 63.4 Å². The monoisotopic (exact) mass is 1120 g/mol. The summed E-state index contributed by atoms with van der Waals surface area (Å²) in [6.07, 6.45) is 1.98. The van der Waals surface area contributed by atoms with Gasteiger partial charge < -0.3 is 57.2 Å². The van der Waals surface area contributed by atoms with Crippen LogP contribution < -0.4 is 26.6 Å². The number of urea groups is 1. The van der Waals surface area contributed by atoms with Crippen LogP contribution in [-0.4, -0.2) is 220 Å². The van der Waals surface area contributed by atoms with Gasteiger partial charge in [0.2, 0.25) is 17.7 Å². The Morgan fingerprint density at radius 1 is 0.563 bits per heavy atom. The molecule has 3 atom stereocenters. The quantitative estimate of drug-likeness (QED) is 0.0375. The van der Waals surface area contributed by atoms with Gasteiger partial charge in [-0.05, 0) is 91.5 Å². The van der Waals surface area contributed by atoms with Crippen molar-refractivity contribution in [3.05, 3.63) is 33.4 Å². The maximum Gasteiger partial charge on any atom is 0.326 e. The number of hydrogen-bond donors (Lipinski definition) is 11. The Balaban J connectivity index is 1.52. The summed E-state index contributed by atoms with van der Waals surface area (Å²) < 4.78 is 0.891. The third kappa shape index (κ3) is 24.3. The summed E-state index contributed by atoms with van der Waals surface area (Å²) in [5, 5.41) is 69.2. The Kier molecular flexibility index (Phi) is 26.5. The van der Waals surface area contributed by atoms with Crippen LogP contribution in [0.2, 0.25) is 0 Å². The van der Waals surface area contributed by atoms with E-state index in [-0.39, 0.29) is 109 Å². The van der Waals surface area contributed by atoms with Crippen molar-refractivity contribution in [3.8, 4) is 0 Å². The van der Waals surface area contributed by atoms with Gasteiger partial charge in [0.15, 0.2) is 0 Å². The van der Waals surface area contributed by atoms with Crippen molar-refractivity contribution in [1.82, 2.24) is 46.2 Å². The predicted octanol–water partition coefficient (Wildman–Crippen LogP) is -0.927. The predicted molar refractivity (Wildman–Crippen MR) is 260 cm³/mol. The van der Waals surface area contributed by atoms with Gasteiger partial charge in [-0.2, -0.15) is 0 Å². The minimum Gasteiger partial charge on any atom is -0.481 e. The van der Waals surface area contributed by atoms with E-state index in [1.807, 2.05) is 29.2 Å². The fourth-order valence-electron chi connectivity index (χ4n) is 8.26. The molecule has 1 aromatic carbocycles. The number of rotatable bonds is 27. The molecular weight excluding hydrogens is 1050 g/mol. The van der Waals surface area contributed by atoms with Crippen molar-refractivity contribution >= 4 is 82.2 Å². The molecule has 0 bridgehead atoms. The van der Waals surface area contributed by atoms with Crippen molar-refractivity contribution < 1.29 is 78.6 Å². The van der Waals surface area contributed by atoms with Crippen molar-refractivity contribution in [1.29, 1.82) is 0 Å². The van der Waals surface area contributed by atoms with E-state index in [9.17, 15) is 73.5 Å². The number of carbonyl (C=O) groups is 10. The minimum absolute atomic E-state index is 0.0251. The Bertz CT molecular complexity index is 1960. The highest BCUT2D eigenvalue weighted by molar-refractivity contribution is 14.1. The first kappa shape index (κ1) is 59.6. The molecule has 1 heterocycles. The first-order chi connectivity index (χ1) is 33.7. The van der Waals surface area contributed by atoms with E-state index in [1.165, 1.54) is 0 Å². The van der Waals surface area contributed by atoms with Crippen LogP contribution in [0.25, 0.3) is 0 Å². The molecule has 11 N–H and O–H groups in total. The highest BCUT2D eigenvalue weighted by atomic mass is 127. The molecular formula is C45H68IN9O16. The molecule has 0 aromatic heterocycles. The SMILES string of the molecule is O=C(O)CC[C@H](NC(=O)N[C@@H](CCCCNC(=O)[C@H](Cc1ccccc1I)NC(=O)C1CCC(CNC(=O)CN2CCN(CC(=O)O)CCN(CC(=O)O)CCN(CC(=O)O)CC2)CC1)C(=O)O)C(=O)O. The zero-order valence-corrected chi connectivity index (χ0v) is 41.8. The topological polar surface area (TPSA) is 365 Å². The third-order valence-electron chi connectivity index (χ3n) is 12.3. The first-order valence-electron chi connectivity index (χ1n) is 23.6. The van der Waals surface area contributed by atoms with Gasteiger partial charge in [0.25, 0.3) is 0 Å². The van der Waals surface area contributed by atoms with E-state index in [1.54, 1.807) is 14.7 Å². The molecule has 0 unspecified atom stereocenters. The van der Waals surface area contributed by atoms with Crippen molar-refractivity contribution in [2.45, 2.75) is 82.3 Å². The minimum atomic E-state index is -1.55. The highest BCUT2D eigenvalue weighted by Gasteiger charge is 2.31. The Morgan fingerprint density at radius 2 is 1.04 bits per heavy atom. The van der Waals surface area contributed by atoms with Crippen LogP contribution in [0, 0.1) is 15.4 Å². The number of nitrogens with one attached hydrogen (secondary N) is 5. The van der Waals surface area contributed by atoms with Crippen LogP contribution in [0.3, 0.4) is 0 Å². The van der Waals surface area contributed by atoms with Crippen LogP contribution in [0.5, 0.6) is 0 Å². The average molecular weight is 1120 g/mol. The number of unbranched alkanes of at least 4 members (excludes halogenated alkanes) is 1. The number of carbonyl (C=O) groups excluding carboxylic acids is 4. The van der Waals surface area contributed by atoms with Crippen LogP contribution in [0.4, 0.5) is 4.79 Å². The lowest BCUT2D eigenvalue weighted by Gasteiger charge is -2.33. The largest absolute Gasteiger partial charge is 0.481 e. The number of halogens is 1. The summed E-state index contributed by atoms with van der Waals surface area (Å²) in [5.41, 5.74) is 0.835. The van der Waals surface area contributed by atoms with Crippen LogP contribution in [-0.2, 0) is 49.6 Å². The number of carboxylic acids is 6. The van der Waals surface area contributed by atoms with Gasteiger partial charge >= 0.3 is 41.8 Å². The lowest BCUT2D eigenvalue weighted by atomic mass is 9.81. The molecule has 2 aliphatic rings. The van der Waals surface area contributed by atoms with Gasteiger partial charge in [-0.25, -0.2) is 14.4 Å². The summed E-state index contributed by atoms with van der Waals surface area (Å²) in [4.78, 5) is 129. The summed E-state index contributed by atoms with van der Waals surface area (Å²) in [5.74, 6) is -8.62. The third-order valence-corrected chi connectivity index (χ3v) is 13.3. The van der Waals surface area contributed by atoms with E-state index in [4.69, 9.17) is 5.11 Å². The van der Waals surface area contributed by atoms with E-state index in [0.29, 0.717) is 51.7 Å². The van der Waals surface area contributed by atoms with E-state index in [2.05, 4.69) is 49.2 Å². The molecule has 3 rings (SSSR count). The Labute approximate surface area is 424 Å². The molecule has 1 saturated carbocycles. The number of carboxylic acid groups (broad SMARTS) is 6. The fraction of sp³-hybridized carbons (Fsp3) is 0.644. The average Bonchev–Trinajstić information content (AvgIpc) is 3.29. The first-order valence-corrected chi connectivity index (χ1v) is 24.6. The summed E-state index contributed by atoms with van der Waals surface area (Å²) in [6, 6.07) is 2.42. The van der Waals surface area contributed by atoms with Gasteiger partial charge in [0, 0.05) is 87.8 Å². The number of aliphatic carboxylic acids is 6. The second kappa shape index (κ2) is 31.6. The lowest BCUT2D eigenvalue weighted by molar-refractivity contribution is -0.141. The summed E-state index contributed by atoms with van der Waals surface area (Å²) in [7, 11) is 0. The maximum atomic E-state index is 13.7. The molecule has 5 amide bonds. The van der Waals surface area contributed by atoms with Gasteiger partial charge in [-0.15, -0.1) is 0 Å².